The van der Waals surface area contributed by atoms with Gasteiger partial charge in [-0.3, -0.25) is 0 Å². The summed E-state index contributed by atoms with van der Waals surface area (Å²) in [5, 5.41) is 0. The molecule has 0 saturated heterocycles. The van der Waals surface area contributed by atoms with E-state index >= 15 is 0 Å². The van der Waals surface area contributed by atoms with E-state index in [4.69, 9.17) is 9.47 Å². The normalized spacial score (nSPS) is 15.4. The van der Waals surface area contributed by atoms with Crippen molar-refractivity contribution in [1.29, 1.82) is 0 Å². The van der Waals surface area contributed by atoms with E-state index in [9.17, 15) is 0 Å². The summed E-state index contributed by atoms with van der Waals surface area (Å²) < 4.78 is 11.4. The van der Waals surface area contributed by atoms with Crippen molar-refractivity contribution in [1.82, 2.24) is 0 Å². The van der Waals surface area contributed by atoms with Crippen LogP contribution >= 0.6 is 15.9 Å². The molecule has 0 atom stereocenters. The molecule has 0 radical (unpaired) electrons. The minimum Gasteiger partial charge on any atom is -0.466 e. The van der Waals surface area contributed by atoms with E-state index in [2.05, 4.69) is 15.9 Å². The molecule has 0 N–H and O–H groups in total. The Hall–Kier alpha value is -0.540. The third kappa shape index (κ3) is 1.26. The van der Waals surface area contributed by atoms with Gasteiger partial charge in [0.2, 0.25) is 0 Å². The molecular weight excluding hydrogens is 208 g/mol. The van der Waals surface area contributed by atoms with Gasteiger partial charge in [0, 0.05) is 5.56 Å². The fraction of sp³-hybridized carbons (Fsp3) is 0.250. The first-order valence-corrected chi connectivity index (χ1v) is 4.15. The van der Waals surface area contributed by atoms with Crippen molar-refractivity contribution >= 4 is 15.9 Å². The molecule has 0 amide bonds. The second kappa shape index (κ2) is 2.83. The molecule has 2 nitrogen and oxygen atoms in total. The average Bonchev–Trinajstić information content (AvgIpc) is 2.06. The minimum atomic E-state index is 0.357. The maximum atomic E-state index is 5.29. The molecule has 1 heterocycles. The van der Waals surface area contributed by atoms with E-state index in [-0.39, 0.29) is 0 Å². The molecule has 0 spiro atoms. The molecule has 1 aliphatic heterocycles. The molecule has 0 fully saturated rings. The van der Waals surface area contributed by atoms with Crippen molar-refractivity contribution in [2.24, 2.45) is 0 Å². The molecule has 58 valence electrons. The van der Waals surface area contributed by atoms with Crippen LogP contribution in [0, 0.1) is 0 Å². The van der Waals surface area contributed by atoms with Crippen molar-refractivity contribution in [2.45, 2.75) is 6.61 Å². The van der Waals surface area contributed by atoms with Gasteiger partial charge in [0.25, 0.3) is 0 Å². The first kappa shape index (κ1) is 7.13. The topological polar surface area (TPSA) is 18.5 Å². The van der Waals surface area contributed by atoms with Gasteiger partial charge in [0.05, 0.1) is 11.1 Å². The third-order valence-electron chi connectivity index (χ3n) is 1.59. The monoisotopic (exact) mass is 214 g/mol. The number of halogens is 1. The van der Waals surface area contributed by atoms with Crippen molar-refractivity contribution in [3.8, 4) is 5.75 Å². The highest BCUT2D eigenvalue weighted by Gasteiger charge is 2.11. The van der Waals surface area contributed by atoms with Crippen LogP contribution in [0.15, 0.2) is 22.7 Å². The smallest absolute Gasteiger partial charge is 0.189 e. The molecule has 1 aromatic carbocycles. The lowest BCUT2D eigenvalue weighted by Crippen LogP contribution is -2.11. The third-order valence-corrected chi connectivity index (χ3v) is 2.22. The van der Waals surface area contributed by atoms with Crippen molar-refractivity contribution in [3.05, 3.63) is 28.2 Å². The zero-order valence-electron chi connectivity index (χ0n) is 5.84. The van der Waals surface area contributed by atoms with Crippen molar-refractivity contribution in [2.75, 3.05) is 6.79 Å². The standard InChI is InChI=1S/C8H7BrO2/c9-7-3-1-2-6-4-10-5-11-8(6)7/h1-3H,4-5H2. The van der Waals surface area contributed by atoms with E-state index in [0.717, 1.165) is 15.8 Å². The van der Waals surface area contributed by atoms with Crippen molar-refractivity contribution < 1.29 is 9.47 Å². The first-order valence-electron chi connectivity index (χ1n) is 3.36. The summed E-state index contributed by atoms with van der Waals surface area (Å²) in [6.07, 6.45) is 0. The number of fused-ring (bicyclic) bond motifs is 1. The van der Waals surface area contributed by atoms with E-state index < -0.39 is 0 Å². The van der Waals surface area contributed by atoms with Gasteiger partial charge in [-0.15, -0.1) is 0 Å². The Morgan fingerprint density at radius 1 is 1.36 bits per heavy atom. The molecule has 0 saturated carbocycles. The van der Waals surface area contributed by atoms with Gasteiger partial charge in [-0.05, 0) is 22.0 Å². The average molecular weight is 215 g/mol. The number of hydrogen-bond donors (Lipinski definition) is 0. The van der Waals surface area contributed by atoms with Crippen molar-refractivity contribution in [3.63, 3.8) is 0 Å². The van der Waals surface area contributed by atoms with Crippen LogP contribution in [0.3, 0.4) is 0 Å². The second-order valence-corrected chi connectivity index (χ2v) is 3.19. The van der Waals surface area contributed by atoms with Gasteiger partial charge in [0.1, 0.15) is 5.75 Å². The Labute approximate surface area is 73.3 Å². The number of hydrogen-bond acceptors (Lipinski definition) is 2. The predicted octanol–water partition coefficient (Wildman–Crippen LogP) is 2.32. The Kier molecular flexibility index (Phi) is 1.84. The van der Waals surface area contributed by atoms with Crippen LogP contribution in [0.4, 0.5) is 0 Å². The number of benzene rings is 1. The van der Waals surface area contributed by atoms with Crippen LogP contribution in [0.25, 0.3) is 0 Å². The quantitative estimate of drug-likeness (QED) is 0.661. The predicted molar refractivity (Wildman–Crippen MR) is 44.4 cm³/mol. The highest BCUT2D eigenvalue weighted by Crippen LogP contribution is 2.31. The minimum absolute atomic E-state index is 0.357. The van der Waals surface area contributed by atoms with Crippen LogP contribution in [0.2, 0.25) is 0 Å². The summed E-state index contributed by atoms with van der Waals surface area (Å²) >= 11 is 3.40. The van der Waals surface area contributed by atoms with Crippen LogP contribution in [-0.2, 0) is 11.3 Å². The highest BCUT2D eigenvalue weighted by atomic mass is 79.9. The summed E-state index contributed by atoms with van der Waals surface area (Å²) in [6, 6.07) is 5.93. The fourth-order valence-corrected chi connectivity index (χ4v) is 1.60. The van der Waals surface area contributed by atoms with E-state index in [1.54, 1.807) is 0 Å². The lowest BCUT2D eigenvalue weighted by Gasteiger charge is -2.18. The highest BCUT2D eigenvalue weighted by molar-refractivity contribution is 9.10. The van der Waals surface area contributed by atoms with Gasteiger partial charge >= 0.3 is 0 Å². The maximum absolute atomic E-state index is 5.29. The lowest BCUT2D eigenvalue weighted by atomic mass is 10.2. The molecule has 0 unspecified atom stereocenters. The molecule has 3 heteroatoms. The Balaban J connectivity index is 2.49. The molecule has 0 aliphatic carbocycles. The zero-order chi connectivity index (χ0) is 7.68. The number of para-hydroxylation sites is 1. The summed E-state index contributed by atoms with van der Waals surface area (Å²) in [5.41, 5.74) is 1.10. The Morgan fingerprint density at radius 3 is 3.09 bits per heavy atom. The fourth-order valence-electron chi connectivity index (χ4n) is 1.08. The molecule has 1 aliphatic rings. The summed E-state index contributed by atoms with van der Waals surface area (Å²) in [4.78, 5) is 0. The first-order chi connectivity index (χ1) is 5.38. The number of rotatable bonds is 0. The van der Waals surface area contributed by atoms with Gasteiger partial charge in [-0.2, -0.15) is 0 Å². The van der Waals surface area contributed by atoms with Gasteiger partial charge in [-0.25, -0.2) is 0 Å². The molecule has 0 aromatic heterocycles. The summed E-state index contributed by atoms with van der Waals surface area (Å²) in [7, 11) is 0. The zero-order valence-corrected chi connectivity index (χ0v) is 7.43. The maximum Gasteiger partial charge on any atom is 0.189 e. The van der Waals surface area contributed by atoms with Gasteiger partial charge in [0.15, 0.2) is 6.79 Å². The molecule has 1 aromatic rings. The largest absolute Gasteiger partial charge is 0.466 e. The van der Waals surface area contributed by atoms with Crippen LogP contribution < -0.4 is 4.74 Å². The Bertz CT molecular complexity index is 273. The second-order valence-electron chi connectivity index (χ2n) is 2.34. The summed E-state index contributed by atoms with van der Waals surface area (Å²) in [5.74, 6) is 0.916. The molecule has 2 rings (SSSR count). The van der Waals surface area contributed by atoms with Gasteiger partial charge in [-0.1, -0.05) is 12.1 Å². The molecule has 0 bridgehead atoms. The van der Waals surface area contributed by atoms with Crippen LogP contribution in [0.5, 0.6) is 5.75 Å². The summed E-state index contributed by atoms with van der Waals surface area (Å²) in [6.45, 7) is 1.00. The van der Waals surface area contributed by atoms with Gasteiger partial charge < -0.3 is 9.47 Å². The Morgan fingerprint density at radius 2 is 2.27 bits per heavy atom. The van der Waals surface area contributed by atoms with E-state index in [0.29, 0.717) is 13.4 Å². The molecule has 11 heavy (non-hydrogen) atoms. The van der Waals surface area contributed by atoms with E-state index in [1.807, 2.05) is 18.2 Å². The lowest BCUT2D eigenvalue weighted by molar-refractivity contribution is -0.0169. The number of ether oxygens (including phenoxy) is 2. The SMILES string of the molecule is Brc1cccc2c1OCOC2. The molecular formula is C8H7BrO2. The van der Waals surface area contributed by atoms with E-state index in [1.165, 1.54) is 0 Å². The van der Waals surface area contributed by atoms with Crippen LogP contribution in [-0.4, -0.2) is 6.79 Å². The van der Waals surface area contributed by atoms with Crippen LogP contribution in [0.1, 0.15) is 5.56 Å².